The predicted molar refractivity (Wildman–Crippen MR) is 162 cm³/mol. The number of nitrogens with one attached hydrogen (secondary N) is 1. The van der Waals surface area contributed by atoms with Gasteiger partial charge >= 0.3 is 0 Å². The van der Waals surface area contributed by atoms with E-state index in [0.29, 0.717) is 13.0 Å². The first kappa shape index (κ1) is 28.9. The lowest BCUT2D eigenvalue weighted by Gasteiger charge is -2.36. The third-order valence-corrected chi connectivity index (χ3v) is 8.26. The van der Waals surface area contributed by atoms with Crippen molar-refractivity contribution in [3.8, 4) is 16.9 Å². The number of amides is 1. The van der Waals surface area contributed by atoms with Crippen molar-refractivity contribution in [2.75, 3.05) is 12.9 Å². The molecule has 0 unspecified atom stereocenters. The molecule has 2 N–H and O–H groups in total. The molecule has 1 aliphatic rings. The van der Waals surface area contributed by atoms with Crippen LogP contribution >= 0.6 is 11.8 Å². The molecule has 1 fully saturated rings. The van der Waals surface area contributed by atoms with Gasteiger partial charge in [0, 0.05) is 36.1 Å². The van der Waals surface area contributed by atoms with Crippen molar-refractivity contribution in [1.82, 2.24) is 5.32 Å². The summed E-state index contributed by atoms with van der Waals surface area (Å²) in [6.45, 7) is 2.02. The third kappa shape index (κ3) is 7.57. The molecule has 3 atom stereocenters. The minimum atomic E-state index is -0.544. The van der Waals surface area contributed by atoms with Crippen molar-refractivity contribution < 1.29 is 24.1 Å². The van der Waals surface area contributed by atoms with Crippen LogP contribution in [0, 0.1) is 0 Å². The lowest BCUT2D eigenvalue weighted by Crippen LogP contribution is -2.31. The summed E-state index contributed by atoms with van der Waals surface area (Å²) in [7, 11) is 1.69. The average Bonchev–Trinajstić information content (AvgIpc) is 3.03. The minimum absolute atomic E-state index is 0.00845. The normalized spacial score (nSPS) is 18.6. The zero-order chi connectivity index (χ0) is 28.6. The first-order chi connectivity index (χ1) is 20.0. The number of hydrogen-bond acceptors (Lipinski definition) is 6. The van der Waals surface area contributed by atoms with E-state index in [4.69, 9.17) is 14.2 Å². The highest BCUT2D eigenvalue weighted by Gasteiger charge is 2.32. The van der Waals surface area contributed by atoms with Gasteiger partial charge in [-0.25, -0.2) is 0 Å². The van der Waals surface area contributed by atoms with Crippen LogP contribution in [0.1, 0.15) is 48.0 Å². The molecule has 1 amide bonds. The number of methoxy groups -OCH3 is 1. The van der Waals surface area contributed by atoms with Gasteiger partial charge in [-0.3, -0.25) is 4.79 Å². The Bertz CT molecular complexity index is 1460. The maximum absolute atomic E-state index is 11.4. The van der Waals surface area contributed by atoms with Crippen molar-refractivity contribution in [3.05, 3.63) is 119 Å². The Morgan fingerprint density at radius 3 is 2.41 bits per heavy atom. The molecule has 1 aliphatic heterocycles. The van der Waals surface area contributed by atoms with Gasteiger partial charge in [0.05, 0.1) is 25.9 Å². The van der Waals surface area contributed by atoms with Gasteiger partial charge in [0.15, 0.2) is 6.29 Å². The topological polar surface area (TPSA) is 77.0 Å². The molecule has 6 nitrogen and oxygen atoms in total. The van der Waals surface area contributed by atoms with Crippen LogP contribution in [0.25, 0.3) is 11.1 Å². The fraction of sp³-hybridized carbons (Fsp3) is 0.265. The molecular weight excluding hydrogens is 534 g/mol. The highest BCUT2D eigenvalue weighted by Crippen LogP contribution is 2.41. The summed E-state index contributed by atoms with van der Waals surface area (Å²) in [6, 6.07) is 32.4. The maximum Gasteiger partial charge on any atom is 0.217 e. The lowest BCUT2D eigenvalue weighted by molar-refractivity contribution is -0.245. The molecule has 41 heavy (non-hydrogen) atoms. The molecule has 0 spiro atoms. The standard InChI is InChI=1S/C34H35NO5S/c1-23(37)35-20-25-7-5-8-27(17-25)28-9-6-10-29(18-28)34-39-30(22-41-33-12-4-3-11-31(33)38-2)19-32(40-34)26-15-13-24(21-36)14-16-26/h3-18,30,32,34,36H,19-22H2,1-2H3,(H,35,37)/t30-,32+,34+/m1/s1. The SMILES string of the molecule is COc1ccccc1SC[C@H]1C[C@@H](c2ccc(CO)cc2)O[C@@H](c2cccc(-c3cccc(CNC(C)=O)c3)c2)O1. The second-order valence-corrected chi connectivity index (χ2v) is 11.1. The van der Waals surface area contributed by atoms with Crippen LogP contribution in [0.15, 0.2) is 102 Å². The van der Waals surface area contributed by atoms with E-state index in [2.05, 4.69) is 35.6 Å². The number of hydrogen-bond donors (Lipinski definition) is 2. The lowest BCUT2D eigenvalue weighted by atomic mass is 9.99. The monoisotopic (exact) mass is 569 g/mol. The molecule has 0 saturated carbocycles. The molecule has 0 aliphatic carbocycles. The van der Waals surface area contributed by atoms with Crippen molar-refractivity contribution in [2.24, 2.45) is 0 Å². The van der Waals surface area contributed by atoms with E-state index < -0.39 is 6.29 Å². The molecule has 0 aromatic heterocycles. The van der Waals surface area contributed by atoms with Crippen molar-refractivity contribution in [3.63, 3.8) is 0 Å². The zero-order valence-corrected chi connectivity index (χ0v) is 24.1. The van der Waals surface area contributed by atoms with Crippen LogP contribution in [0.3, 0.4) is 0 Å². The van der Waals surface area contributed by atoms with Crippen LogP contribution in [0.5, 0.6) is 5.75 Å². The van der Waals surface area contributed by atoms with E-state index in [9.17, 15) is 9.90 Å². The smallest absolute Gasteiger partial charge is 0.217 e. The van der Waals surface area contributed by atoms with Gasteiger partial charge < -0.3 is 24.6 Å². The number of para-hydroxylation sites is 1. The molecule has 0 radical (unpaired) electrons. The van der Waals surface area contributed by atoms with Crippen LogP contribution < -0.4 is 10.1 Å². The van der Waals surface area contributed by atoms with E-state index in [1.807, 2.05) is 66.7 Å². The number of aliphatic hydroxyl groups is 1. The average molecular weight is 570 g/mol. The molecular formula is C34H35NO5S. The Kier molecular flexibility index (Phi) is 9.75. The summed E-state index contributed by atoms with van der Waals surface area (Å²) in [5, 5.41) is 12.4. The number of thioether (sulfide) groups is 1. The minimum Gasteiger partial charge on any atom is -0.496 e. The van der Waals surface area contributed by atoms with Gasteiger partial charge in [-0.05, 0) is 52.1 Å². The Balaban J connectivity index is 1.39. The van der Waals surface area contributed by atoms with Crippen molar-refractivity contribution in [2.45, 2.75) is 49.9 Å². The van der Waals surface area contributed by atoms with E-state index in [1.54, 1.807) is 18.9 Å². The van der Waals surface area contributed by atoms with E-state index in [1.165, 1.54) is 6.92 Å². The number of carbonyl (C=O) groups is 1. The predicted octanol–water partition coefficient (Wildman–Crippen LogP) is 6.83. The van der Waals surface area contributed by atoms with Crippen molar-refractivity contribution >= 4 is 17.7 Å². The van der Waals surface area contributed by atoms with Crippen molar-refractivity contribution in [1.29, 1.82) is 0 Å². The molecule has 212 valence electrons. The van der Waals surface area contributed by atoms with Gasteiger partial charge in [0.25, 0.3) is 0 Å². The highest BCUT2D eigenvalue weighted by molar-refractivity contribution is 7.99. The number of rotatable bonds is 10. The number of aliphatic hydroxyl groups excluding tert-OH is 1. The van der Waals surface area contributed by atoms with E-state index in [-0.39, 0.29) is 24.7 Å². The Labute approximate surface area is 245 Å². The summed E-state index contributed by atoms with van der Waals surface area (Å²) in [4.78, 5) is 12.5. The highest BCUT2D eigenvalue weighted by atomic mass is 32.2. The summed E-state index contributed by atoms with van der Waals surface area (Å²) in [6.07, 6.45) is -0.0515. The third-order valence-electron chi connectivity index (χ3n) is 7.07. The van der Waals surface area contributed by atoms with Gasteiger partial charge in [0.1, 0.15) is 5.75 Å². The first-order valence-corrected chi connectivity index (χ1v) is 14.7. The molecule has 5 rings (SSSR count). The summed E-state index contributed by atoms with van der Waals surface area (Å²) >= 11 is 1.72. The Hall–Kier alpha value is -3.62. The Morgan fingerprint density at radius 2 is 1.66 bits per heavy atom. The van der Waals surface area contributed by atoms with Crippen LogP contribution in [0.2, 0.25) is 0 Å². The van der Waals surface area contributed by atoms with Gasteiger partial charge in [0.2, 0.25) is 5.91 Å². The number of ether oxygens (including phenoxy) is 3. The zero-order valence-electron chi connectivity index (χ0n) is 23.3. The quantitative estimate of drug-likeness (QED) is 0.204. The fourth-order valence-corrected chi connectivity index (χ4v) is 5.94. The fourth-order valence-electron chi connectivity index (χ4n) is 4.90. The molecule has 0 bridgehead atoms. The van der Waals surface area contributed by atoms with Crippen LogP contribution in [0.4, 0.5) is 0 Å². The summed E-state index contributed by atoms with van der Waals surface area (Å²) in [5.41, 5.74) is 6.02. The molecule has 1 heterocycles. The number of benzene rings is 4. The van der Waals surface area contributed by atoms with Gasteiger partial charge in [-0.1, -0.05) is 72.8 Å². The van der Waals surface area contributed by atoms with E-state index >= 15 is 0 Å². The van der Waals surface area contributed by atoms with E-state index in [0.717, 1.165) is 49.8 Å². The number of carbonyl (C=O) groups excluding carboxylic acids is 1. The van der Waals surface area contributed by atoms with Gasteiger partial charge in [-0.2, -0.15) is 0 Å². The molecule has 7 heteroatoms. The maximum atomic E-state index is 11.4. The summed E-state index contributed by atoms with van der Waals surface area (Å²) < 4.78 is 18.7. The largest absolute Gasteiger partial charge is 0.496 e. The first-order valence-electron chi connectivity index (χ1n) is 13.7. The summed E-state index contributed by atoms with van der Waals surface area (Å²) in [5.74, 6) is 1.55. The second kappa shape index (κ2) is 13.8. The van der Waals surface area contributed by atoms with Crippen LogP contribution in [-0.2, 0) is 27.4 Å². The molecule has 1 saturated heterocycles. The Morgan fingerprint density at radius 1 is 0.902 bits per heavy atom. The van der Waals surface area contributed by atoms with Crippen LogP contribution in [-0.4, -0.2) is 30.0 Å². The molecule has 4 aromatic rings. The molecule has 4 aromatic carbocycles. The van der Waals surface area contributed by atoms with Gasteiger partial charge in [-0.15, -0.1) is 11.8 Å². The second-order valence-electron chi connectivity index (χ2n) is 10.0.